The Morgan fingerprint density at radius 3 is 2.70 bits per heavy atom. The van der Waals surface area contributed by atoms with Crippen LogP contribution < -0.4 is 34.0 Å². The lowest BCUT2D eigenvalue weighted by Crippen LogP contribution is -3.00. The van der Waals surface area contributed by atoms with Gasteiger partial charge in [-0.05, 0) is 29.0 Å². The zero-order valence-corrected chi connectivity index (χ0v) is 16.3. The number of aryl methyl sites for hydroxylation is 1. The molecule has 23 heavy (non-hydrogen) atoms. The molecule has 7 nitrogen and oxygen atoms in total. The van der Waals surface area contributed by atoms with E-state index < -0.39 is 0 Å². The average Bonchev–Trinajstić information content (AvgIpc) is 2.82. The lowest BCUT2D eigenvalue weighted by atomic mass is 10.2. The number of rotatable bonds is 8. The third-order valence-corrected chi connectivity index (χ3v) is 3.05. The van der Waals surface area contributed by atoms with Gasteiger partial charge in [-0.15, -0.1) is 0 Å². The fourth-order valence-electron chi connectivity index (χ4n) is 2.12. The van der Waals surface area contributed by atoms with Gasteiger partial charge in [-0.3, -0.25) is 0 Å². The van der Waals surface area contributed by atoms with E-state index in [-0.39, 0.29) is 24.0 Å². The maximum atomic E-state index is 5.81. The van der Waals surface area contributed by atoms with E-state index in [0.29, 0.717) is 12.6 Å². The number of quaternary nitrogens is 1. The summed E-state index contributed by atoms with van der Waals surface area (Å²) in [4.78, 5) is 0. The molecule has 0 radical (unpaired) electrons. The van der Waals surface area contributed by atoms with Crippen molar-refractivity contribution in [3.8, 4) is 5.75 Å². The van der Waals surface area contributed by atoms with Gasteiger partial charge in [0.1, 0.15) is 12.3 Å². The van der Waals surface area contributed by atoms with E-state index in [2.05, 4.69) is 54.1 Å². The van der Waals surface area contributed by atoms with Gasteiger partial charge in [-0.25, -0.2) is 4.68 Å². The molecule has 8 heteroatoms. The minimum absolute atomic E-state index is 0. The fourth-order valence-corrected chi connectivity index (χ4v) is 2.12. The number of anilines is 1. The van der Waals surface area contributed by atoms with E-state index in [1.165, 1.54) is 5.56 Å². The van der Waals surface area contributed by atoms with Gasteiger partial charge in [-0.1, -0.05) is 17.2 Å². The lowest BCUT2D eigenvalue weighted by Gasteiger charge is -2.24. The highest BCUT2D eigenvalue weighted by Crippen LogP contribution is 2.16. The third-order valence-electron chi connectivity index (χ3n) is 3.05. The Hall–Kier alpha value is -1.42. The molecule has 0 amide bonds. The predicted octanol–water partition coefficient (Wildman–Crippen LogP) is -1.70. The molecule has 0 unspecified atom stereocenters. The summed E-state index contributed by atoms with van der Waals surface area (Å²) in [7, 11) is 8.35. The predicted molar refractivity (Wildman–Crippen MR) is 85.6 cm³/mol. The van der Waals surface area contributed by atoms with Crippen LogP contribution in [0, 0.1) is 0 Å². The van der Waals surface area contributed by atoms with Gasteiger partial charge >= 0.3 is 0 Å². The summed E-state index contributed by atoms with van der Waals surface area (Å²) < 4.78 is 8.31. The van der Waals surface area contributed by atoms with Gasteiger partial charge in [0, 0.05) is 19.2 Å². The first kappa shape index (κ1) is 19.6. The number of nitrogens with one attached hydrogen (secondary N) is 1. The van der Waals surface area contributed by atoms with Crippen LogP contribution in [0.25, 0.3) is 0 Å². The van der Waals surface area contributed by atoms with Crippen LogP contribution in [0.4, 0.5) is 5.95 Å². The summed E-state index contributed by atoms with van der Waals surface area (Å²) in [5.74, 6) is 1.59. The van der Waals surface area contributed by atoms with Gasteiger partial charge in [0.2, 0.25) is 5.95 Å². The highest BCUT2D eigenvalue weighted by molar-refractivity contribution is 5.28. The van der Waals surface area contributed by atoms with Crippen LogP contribution in [0.5, 0.6) is 5.75 Å². The summed E-state index contributed by atoms with van der Waals surface area (Å²) in [5.41, 5.74) is 1.29. The Labute approximate surface area is 154 Å². The minimum Gasteiger partial charge on any atom is -1.00 e. The molecule has 2 rings (SSSR count). The van der Waals surface area contributed by atoms with Crippen molar-refractivity contribution in [1.29, 1.82) is 0 Å². The fraction of sp³-hybridized carbons (Fsp3) is 0.533. The van der Waals surface area contributed by atoms with Crippen LogP contribution in [0.3, 0.4) is 0 Å². The molecule has 0 aliphatic heterocycles. The van der Waals surface area contributed by atoms with E-state index >= 15 is 0 Å². The minimum atomic E-state index is 0. The molecule has 128 valence electrons. The second kappa shape index (κ2) is 9.02. The van der Waals surface area contributed by atoms with Crippen molar-refractivity contribution in [1.82, 2.24) is 20.2 Å². The maximum absolute atomic E-state index is 5.81. The molecule has 2 aromatic rings. The van der Waals surface area contributed by atoms with Crippen LogP contribution in [-0.2, 0) is 13.6 Å². The van der Waals surface area contributed by atoms with E-state index in [1.807, 2.05) is 12.1 Å². The third kappa shape index (κ3) is 7.12. The first-order chi connectivity index (χ1) is 10.4. The molecule has 0 fully saturated rings. The number of nitrogens with zero attached hydrogens (tertiary/aromatic N) is 5. The van der Waals surface area contributed by atoms with Gasteiger partial charge in [0.05, 0.1) is 27.7 Å². The highest BCUT2D eigenvalue weighted by Gasteiger charge is 2.09. The SMILES string of the molecule is Cn1nnnc1NCCCOc1cccc(C[N+](C)(C)C)c1.[I-]. The smallest absolute Gasteiger partial charge is 0.242 e. The van der Waals surface area contributed by atoms with Crippen LogP contribution in [-0.4, -0.2) is 59.0 Å². The van der Waals surface area contributed by atoms with Crippen LogP contribution in [0.1, 0.15) is 12.0 Å². The summed E-state index contributed by atoms with van der Waals surface area (Å²) >= 11 is 0. The molecule has 1 N–H and O–H groups in total. The topological polar surface area (TPSA) is 64.9 Å². The average molecular weight is 432 g/mol. The first-order valence-electron chi connectivity index (χ1n) is 7.42. The number of halogens is 1. The van der Waals surface area contributed by atoms with E-state index in [9.17, 15) is 0 Å². The number of benzene rings is 1. The molecule has 0 saturated carbocycles. The molecular formula is C15H25IN6O. The molecule has 0 aliphatic rings. The van der Waals surface area contributed by atoms with Crippen molar-refractivity contribution < 1.29 is 33.2 Å². The highest BCUT2D eigenvalue weighted by atomic mass is 127. The van der Waals surface area contributed by atoms with Crippen molar-refractivity contribution >= 4 is 5.95 Å². The zero-order valence-electron chi connectivity index (χ0n) is 14.2. The molecule has 0 atom stereocenters. The van der Waals surface area contributed by atoms with Gasteiger partial charge in [0.25, 0.3) is 0 Å². The summed E-state index contributed by atoms with van der Waals surface area (Å²) in [6.45, 7) is 2.41. The van der Waals surface area contributed by atoms with Crippen molar-refractivity contribution in [3.05, 3.63) is 29.8 Å². The van der Waals surface area contributed by atoms with Crippen LogP contribution in [0.15, 0.2) is 24.3 Å². The molecule has 1 aromatic heterocycles. The van der Waals surface area contributed by atoms with E-state index in [4.69, 9.17) is 4.74 Å². The summed E-state index contributed by atoms with van der Waals surface area (Å²) in [5, 5.41) is 14.4. The second-order valence-corrected chi connectivity index (χ2v) is 6.35. The Balaban J connectivity index is 0.00000264. The normalized spacial score (nSPS) is 11.0. The van der Waals surface area contributed by atoms with Crippen molar-refractivity contribution in [2.24, 2.45) is 7.05 Å². The Morgan fingerprint density at radius 1 is 1.26 bits per heavy atom. The molecule has 1 heterocycles. The maximum Gasteiger partial charge on any atom is 0.242 e. The molecule has 0 spiro atoms. The standard InChI is InChI=1S/C15H25N6O.HI/c1-20-15(17-18-19-20)16-9-6-10-22-14-8-5-7-13(11-14)12-21(2,3)4;/h5,7-8,11H,6,9-10,12H2,1-4H3,(H,16,17,19);1H/q+1;/p-1. The molecular weight excluding hydrogens is 407 g/mol. The van der Waals surface area contributed by atoms with Gasteiger partial charge in [0.15, 0.2) is 0 Å². The second-order valence-electron chi connectivity index (χ2n) is 6.35. The quantitative estimate of drug-likeness (QED) is 0.306. The summed E-state index contributed by atoms with van der Waals surface area (Å²) in [6, 6.07) is 8.30. The summed E-state index contributed by atoms with van der Waals surface area (Å²) in [6.07, 6.45) is 0.881. The van der Waals surface area contributed by atoms with Crippen molar-refractivity contribution in [2.75, 3.05) is 39.6 Å². The molecule has 0 saturated heterocycles. The first-order valence-corrected chi connectivity index (χ1v) is 7.42. The number of ether oxygens (including phenoxy) is 1. The van der Waals surface area contributed by atoms with Crippen LogP contribution in [0.2, 0.25) is 0 Å². The van der Waals surface area contributed by atoms with Crippen molar-refractivity contribution in [3.63, 3.8) is 0 Å². The molecule has 0 bridgehead atoms. The van der Waals surface area contributed by atoms with Crippen molar-refractivity contribution in [2.45, 2.75) is 13.0 Å². The molecule has 0 aliphatic carbocycles. The number of aromatic nitrogens is 4. The van der Waals surface area contributed by atoms with E-state index in [0.717, 1.165) is 29.7 Å². The number of tetrazole rings is 1. The Kier molecular flexibility index (Phi) is 7.69. The van der Waals surface area contributed by atoms with Gasteiger partial charge in [-0.2, -0.15) is 0 Å². The largest absolute Gasteiger partial charge is 1.00 e. The zero-order chi connectivity index (χ0) is 16.0. The number of hydrogen-bond acceptors (Lipinski definition) is 5. The number of hydrogen-bond donors (Lipinski definition) is 1. The van der Waals surface area contributed by atoms with Gasteiger partial charge < -0.3 is 38.5 Å². The lowest BCUT2D eigenvalue weighted by molar-refractivity contribution is -0.884. The Bertz CT molecular complexity index is 596. The molecule has 1 aromatic carbocycles. The Morgan fingerprint density at radius 2 is 2.04 bits per heavy atom. The van der Waals surface area contributed by atoms with Crippen LogP contribution >= 0.6 is 0 Å². The monoisotopic (exact) mass is 432 g/mol. The van der Waals surface area contributed by atoms with E-state index in [1.54, 1.807) is 11.7 Å².